The zero-order valence-corrected chi connectivity index (χ0v) is 15.3. The van der Waals surface area contributed by atoms with Gasteiger partial charge in [-0.2, -0.15) is 0 Å². The minimum absolute atomic E-state index is 0.0518. The number of ether oxygens (including phenoxy) is 1. The Labute approximate surface area is 152 Å². The third-order valence-corrected chi connectivity index (χ3v) is 4.93. The first-order chi connectivity index (χ1) is 12.4. The summed E-state index contributed by atoms with van der Waals surface area (Å²) in [6.07, 6.45) is 3.11. The van der Waals surface area contributed by atoms with E-state index < -0.39 is 10.0 Å². The summed E-state index contributed by atoms with van der Waals surface area (Å²) in [5, 5.41) is 0. The van der Waals surface area contributed by atoms with E-state index in [1.807, 2.05) is 18.2 Å². The highest BCUT2D eigenvalue weighted by Crippen LogP contribution is 2.21. The van der Waals surface area contributed by atoms with E-state index in [1.54, 1.807) is 38.4 Å². The number of nitrogens with zero attached hydrogens (tertiary/aromatic N) is 2. The number of furan rings is 1. The Bertz CT molecular complexity index is 985. The summed E-state index contributed by atoms with van der Waals surface area (Å²) in [6.45, 7) is 1.82. The van der Waals surface area contributed by atoms with E-state index in [2.05, 4.69) is 14.7 Å². The van der Waals surface area contributed by atoms with Gasteiger partial charge in [-0.3, -0.25) is 4.98 Å². The third kappa shape index (κ3) is 4.68. The van der Waals surface area contributed by atoms with Gasteiger partial charge in [-0.25, -0.2) is 18.1 Å². The molecule has 0 fully saturated rings. The van der Waals surface area contributed by atoms with E-state index >= 15 is 0 Å². The molecule has 0 aromatic carbocycles. The van der Waals surface area contributed by atoms with Gasteiger partial charge >= 0.3 is 0 Å². The molecule has 3 aromatic heterocycles. The van der Waals surface area contributed by atoms with Gasteiger partial charge in [0.05, 0.1) is 42.8 Å². The Balaban J connectivity index is 1.76. The number of sulfonamides is 1. The van der Waals surface area contributed by atoms with Crippen LogP contribution in [0.1, 0.15) is 17.0 Å². The molecule has 0 amide bonds. The second-order valence-corrected chi connectivity index (χ2v) is 7.55. The van der Waals surface area contributed by atoms with Crippen LogP contribution in [0, 0.1) is 6.92 Å². The molecule has 7 nitrogen and oxygen atoms in total. The lowest BCUT2D eigenvalue weighted by Gasteiger charge is -2.09. The van der Waals surface area contributed by atoms with E-state index in [-0.39, 0.29) is 12.3 Å². The Morgan fingerprint density at radius 2 is 2.04 bits per heavy atom. The first kappa shape index (κ1) is 18.1. The second-order valence-electron chi connectivity index (χ2n) is 5.74. The summed E-state index contributed by atoms with van der Waals surface area (Å²) < 4.78 is 37.5. The number of methoxy groups -OCH3 is 1. The molecule has 0 bridgehead atoms. The topological polar surface area (TPSA) is 94.3 Å². The van der Waals surface area contributed by atoms with Gasteiger partial charge in [0.1, 0.15) is 11.5 Å². The lowest BCUT2D eigenvalue weighted by Crippen LogP contribution is -2.25. The smallest absolute Gasteiger partial charge is 0.216 e. The Morgan fingerprint density at radius 3 is 2.69 bits per heavy atom. The lowest BCUT2D eigenvalue weighted by atomic mass is 10.2. The number of hydrogen-bond donors (Lipinski definition) is 1. The summed E-state index contributed by atoms with van der Waals surface area (Å²) >= 11 is 0. The van der Waals surface area contributed by atoms with Crippen LogP contribution in [0.15, 0.2) is 53.3 Å². The monoisotopic (exact) mass is 373 g/mol. The molecule has 8 heteroatoms. The van der Waals surface area contributed by atoms with Gasteiger partial charge in [0, 0.05) is 23.9 Å². The van der Waals surface area contributed by atoms with Crippen LogP contribution < -0.4 is 9.46 Å². The van der Waals surface area contributed by atoms with Crippen molar-refractivity contribution in [2.24, 2.45) is 0 Å². The molecule has 0 spiro atoms. The van der Waals surface area contributed by atoms with Gasteiger partial charge in [-0.1, -0.05) is 6.07 Å². The molecule has 0 unspecified atom stereocenters. The molecule has 0 aliphatic rings. The van der Waals surface area contributed by atoms with Crippen molar-refractivity contribution >= 4 is 10.0 Å². The molecule has 1 N–H and O–H groups in total. The van der Waals surface area contributed by atoms with Crippen LogP contribution in [-0.4, -0.2) is 25.5 Å². The maximum Gasteiger partial charge on any atom is 0.216 e. The van der Waals surface area contributed by atoms with Gasteiger partial charge in [-0.05, 0) is 25.1 Å². The van der Waals surface area contributed by atoms with Crippen LogP contribution in [0.3, 0.4) is 0 Å². The zero-order chi connectivity index (χ0) is 18.6. The highest BCUT2D eigenvalue weighted by Gasteiger charge is 2.14. The standard InChI is InChI=1S/C18H19N3O4S/c1-13-7-14(11-25-13)12-26(22,23)20-10-15-8-16(24-2)9-18(21-15)17-5-3-4-6-19-17/h3-9,11,20H,10,12H2,1-2H3. The Kier molecular flexibility index (Phi) is 5.34. The van der Waals surface area contributed by atoms with Crippen molar-refractivity contribution in [3.63, 3.8) is 0 Å². The first-order valence-corrected chi connectivity index (χ1v) is 9.58. The van der Waals surface area contributed by atoms with Crippen LogP contribution in [0.2, 0.25) is 0 Å². The molecule has 26 heavy (non-hydrogen) atoms. The Morgan fingerprint density at radius 1 is 1.19 bits per heavy atom. The van der Waals surface area contributed by atoms with Crippen molar-refractivity contribution in [2.75, 3.05) is 7.11 Å². The fraction of sp³-hybridized carbons (Fsp3) is 0.222. The van der Waals surface area contributed by atoms with E-state index in [1.165, 1.54) is 6.26 Å². The van der Waals surface area contributed by atoms with E-state index in [4.69, 9.17) is 9.15 Å². The number of hydrogen-bond acceptors (Lipinski definition) is 6. The predicted octanol–water partition coefficient (Wildman–Crippen LogP) is 2.67. The number of nitrogens with one attached hydrogen (secondary N) is 1. The summed E-state index contributed by atoms with van der Waals surface area (Å²) in [5.74, 6) is 1.10. The molecule has 0 saturated carbocycles. The average molecular weight is 373 g/mol. The molecule has 0 aliphatic carbocycles. The minimum Gasteiger partial charge on any atom is -0.497 e. The second kappa shape index (κ2) is 7.67. The molecule has 0 radical (unpaired) electrons. The van der Waals surface area contributed by atoms with Gasteiger partial charge < -0.3 is 9.15 Å². The fourth-order valence-corrected chi connectivity index (χ4v) is 3.50. The molecule has 0 atom stereocenters. The average Bonchev–Trinajstić information content (AvgIpc) is 3.04. The molecule has 0 saturated heterocycles. The molecule has 136 valence electrons. The van der Waals surface area contributed by atoms with Crippen molar-refractivity contribution in [3.8, 4) is 17.1 Å². The maximum atomic E-state index is 12.3. The summed E-state index contributed by atoms with van der Waals surface area (Å²) in [7, 11) is -1.97. The predicted molar refractivity (Wildman–Crippen MR) is 96.9 cm³/mol. The van der Waals surface area contributed by atoms with E-state index in [0.29, 0.717) is 34.2 Å². The zero-order valence-electron chi connectivity index (χ0n) is 14.5. The number of aryl methyl sites for hydroxylation is 1. The summed E-state index contributed by atoms with van der Waals surface area (Å²) in [4.78, 5) is 8.74. The molecular weight excluding hydrogens is 354 g/mol. The van der Waals surface area contributed by atoms with Gasteiger partial charge in [0.2, 0.25) is 10.0 Å². The van der Waals surface area contributed by atoms with E-state index in [9.17, 15) is 8.42 Å². The quantitative estimate of drug-likeness (QED) is 0.684. The van der Waals surface area contributed by atoms with Crippen LogP contribution in [0.5, 0.6) is 5.75 Å². The van der Waals surface area contributed by atoms with Crippen molar-refractivity contribution in [3.05, 3.63) is 65.9 Å². The van der Waals surface area contributed by atoms with Crippen molar-refractivity contribution in [2.45, 2.75) is 19.2 Å². The van der Waals surface area contributed by atoms with Gasteiger partial charge in [0.15, 0.2) is 0 Å². The number of pyridine rings is 2. The normalized spacial score (nSPS) is 11.5. The summed E-state index contributed by atoms with van der Waals surface area (Å²) in [6, 6.07) is 10.7. The van der Waals surface area contributed by atoms with Crippen LogP contribution in [0.4, 0.5) is 0 Å². The van der Waals surface area contributed by atoms with Gasteiger partial charge in [-0.15, -0.1) is 0 Å². The third-order valence-electron chi connectivity index (χ3n) is 3.63. The van der Waals surface area contributed by atoms with Crippen LogP contribution >= 0.6 is 0 Å². The Hall–Kier alpha value is -2.71. The molecule has 3 aromatic rings. The van der Waals surface area contributed by atoms with Crippen LogP contribution in [0.25, 0.3) is 11.4 Å². The van der Waals surface area contributed by atoms with Crippen LogP contribution in [-0.2, 0) is 22.3 Å². The first-order valence-electron chi connectivity index (χ1n) is 7.93. The molecule has 0 aliphatic heterocycles. The van der Waals surface area contributed by atoms with Crippen molar-refractivity contribution < 1.29 is 17.6 Å². The highest BCUT2D eigenvalue weighted by molar-refractivity contribution is 7.88. The van der Waals surface area contributed by atoms with E-state index in [0.717, 1.165) is 0 Å². The molecule has 3 heterocycles. The fourth-order valence-electron chi connectivity index (χ4n) is 2.44. The van der Waals surface area contributed by atoms with Gasteiger partial charge in [0.25, 0.3) is 0 Å². The van der Waals surface area contributed by atoms with Crippen molar-refractivity contribution in [1.82, 2.24) is 14.7 Å². The minimum atomic E-state index is -3.52. The highest BCUT2D eigenvalue weighted by atomic mass is 32.2. The van der Waals surface area contributed by atoms with Crippen molar-refractivity contribution in [1.29, 1.82) is 0 Å². The number of rotatable bonds is 7. The number of aromatic nitrogens is 2. The summed E-state index contributed by atoms with van der Waals surface area (Å²) in [5.41, 5.74) is 2.44. The SMILES string of the molecule is COc1cc(CNS(=O)(=O)Cc2coc(C)c2)nc(-c2ccccn2)c1. The molecule has 3 rings (SSSR count). The largest absolute Gasteiger partial charge is 0.497 e. The maximum absolute atomic E-state index is 12.3. The molecular formula is C18H19N3O4S. The lowest BCUT2D eigenvalue weighted by molar-refractivity contribution is 0.413.